The van der Waals surface area contributed by atoms with E-state index in [1.54, 1.807) is 45.2 Å². The van der Waals surface area contributed by atoms with Gasteiger partial charge in [-0.2, -0.15) is 0 Å². The van der Waals surface area contributed by atoms with Crippen LogP contribution in [-0.2, 0) is 9.47 Å². The molecule has 0 saturated heterocycles. The summed E-state index contributed by atoms with van der Waals surface area (Å²) >= 11 is 0. The number of aryl methyl sites for hydroxylation is 1. The van der Waals surface area contributed by atoms with Crippen LogP contribution in [0.2, 0.25) is 0 Å². The van der Waals surface area contributed by atoms with Gasteiger partial charge in [-0.05, 0) is 50.2 Å². The van der Waals surface area contributed by atoms with E-state index < -0.39 is 17.6 Å². The van der Waals surface area contributed by atoms with Crippen LogP contribution < -0.4 is 10.1 Å². The summed E-state index contributed by atoms with van der Waals surface area (Å²) in [6, 6.07) is 10.4. The molecular formula is C23H23F2N3O4. The summed E-state index contributed by atoms with van der Waals surface area (Å²) in [6.07, 6.45) is 0. The van der Waals surface area contributed by atoms with Crippen molar-refractivity contribution in [1.82, 2.24) is 9.97 Å². The summed E-state index contributed by atoms with van der Waals surface area (Å²) in [5.41, 5.74) is 0.495. The maximum Gasteiger partial charge on any atom is 0.343 e. The molecule has 0 bridgehead atoms. The van der Waals surface area contributed by atoms with Crippen LogP contribution in [-0.4, -0.2) is 42.9 Å². The number of nitrogens with one attached hydrogen (secondary N) is 1. The molecule has 3 rings (SSSR count). The number of ether oxygens (including phenoxy) is 3. The van der Waals surface area contributed by atoms with Gasteiger partial charge in [-0.25, -0.2) is 23.5 Å². The van der Waals surface area contributed by atoms with E-state index >= 15 is 0 Å². The molecule has 9 heteroatoms. The van der Waals surface area contributed by atoms with Gasteiger partial charge in [-0.3, -0.25) is 0 Å². The number of carbonyl (C=O) groups excluding carboxylic acids is 1. The predicted molar refractivity (Wildman–Crippen MR) is 115 cm³/mol. The Morgan fingerprint density at radius 2 is 1.72 bits per heavy atom. The van der Waals surface area contributed by atoms with E-state index in [9.17, 15) is 13.6 Å². The highest BCUT2D eigenvalue weighted by atomic mass is 19.1. The summed E-state index contributed by atoms with van der Waals surface area (Å²) in [7, 11) is 1.59. The zero-order chi connectivity index (χ0) is 23.1. The average molecular weight is 443 g/mol. The van der Waals surface area contributed by atoms with Crippen molar-refractivity contribution in [1.29, 1.82) is 0 Å². The van der Waals surface area contributed by atoms with Gasteiger partial charge in [-0.1, -0.05) is 6.07 Å². The topological polar surface area (TPSA) is 82.6 Å². The second-order valence-corrected chi connectivity index (χ2v) is 6.66. The van der Waals surface area contributed by atoms with Crippen LogP contribution in [0.25, 0.3) is 11.4 Å². The van der Waals surface area contributed by atoms with E-state index in [1.165, 1.54) is 6.07 Å². The van der Waals surface area contributed by atoms with Crippen LogP contribution in [0.3, 0.4) is 0 Å². The molecule has 0 aliphatic carbocycles. The first-order valence-corrected chi connectivity index (χ1v) is 9.93. The van der Waals surface area contributed by atoms with Crippen molar-refractivity contribution in [3.63, 3.8) is 0 Å². The maximum absolute atomic E-state index is 14.3. The Labute approximate surface area is 184 Å². The van der Waals surface area contributed by atoms with Gasteiger partial charge in [0.25, 0.3) is 0 Å². The molecule has 0 fully saturated rings. The van der Waals surface area contributed by atoms with Crippen molar-refractivity contribution >= 4 is 17.5 Å². The molecule has 0 amide bonds. The number of halogens is 2. The molecule has 7 nitrogen and oxygen atoms in total. The van der Waals surface area contributed by atoms with E-state index in [0.29, 0.717) is 24.7 Å². The molecule has 0 unspecified atom stereocenters. The van der Waals surface area contributed by atoms with Gasteiger partial charge in [-0.15, -0.1) is 0 Å². The molecular weight excluding hydrogens is 420 g/mol. The van der Waals surface area contributed by atoms with E-state index in [0.717, 1.165) is 12.1 Å². The number of anilines is 2. The van der Waals surface area contributed by atoms with Gasteiger partial charge in [0, 0.05) is 12.8 Å². The lowest BCUT2D eigenvalue weighted by Crippen LogP contribution is -2.14. The van der Waals surface area contributed by atoms with Gasteiger partial charge in [0.15, 0.2) is 5.82 Å². The van der Waals surface area contributed by atoms with Gasteiger partial charge < -0.3 is 19.5 Å². The minimum atomic E-state index is -0.809. The molecule has 0 radical (unpaired) electrons. The average Bonchev–Trinajstić information content (AvgIpc) is 2.75. The fourth-order valence-electron chi connectivity index (χ4n) is 2.95. The Hall–Kier alpha value is -3.59. The first-order chi connectivity index (χ1) is 15.4. The van der Waals surface area contributed by atoms with Gasteiger partial charge in [0.05, 0.1) is 24.5 Å². The third-order valence-electron chi connectivity index (χ3n) is 4.43. The third-order valence-corrected chi connectivity index (χ3v) is 4.43. The SMILES string of the molecule is CCOC(=O)c1c(C)nc(-c2c(F)cccc2F)nc1Nc1ccc(OCCOC)cc1. The number of hydrogen-bond donors (Lipinski definition) is 1. The molecule has 1 heterocycles. The lowest BCUT2D eigenvalue weighted by Gasteiger charge is -2.15. The fraction of sp³-hybridized carbons (Fsp3) is 0.261. The van der Waals surface area contributed by atoms with Gasteiger partial charge >= 0.3 is 5.97 Å². The van der Waals surface area contributed by atoms with E-state index in [4.69, 9.17) is 14.2 Å². The molecule has 1 aromatic heterocycles. The van der Waals surface area contributed by atoms with Crippen molar-refractivity contribution in [2.24, 2.45) is 0 Å². The fourth-order valence-corrected chi connectivity index (χ4v) is 2.95. The molecule has 2 aromatic carbocycles. The number of nitrogens with zero attached hydrogens (tertiary/aromatic N) is 2. The number of benzene rings is 2. The highest BCUT2D eigenvalue weighted by molar-refractivity contribution is 5.97. The Bertz CT molecular complexity index is 1070. The van der Waals surface area contributed by atoms with Crippen molar-refractivity contribution < 1.29 is 27.8 Å². The summed E-state index contributed by atoms with van der Waals surface area (Å²) in [5.74, 6) is -1.75. The molecule has 0 aliphatic rings. The zero-order valence-corrected chi connectivity index (χ0v) is 17.9. The van der Waals surface area contributed by atoms with Crippen LogP contribution in [0, 0.1) is 18.6 Å². The Kier molecular flexibility index (Phi) is 7.67. The Balaban J connectivity index is 2.00. The first kappa shape index (κ1) is 23.1. The van der Waals surface area contributed by atoms with Crippen LogP contribution in [0.15, 0.2) is 42.5 Å². The maximum atomic E-state index is 14.3. The molecule has 168 valence electrons. The summed E-state index contributed by atoms with van der Waals surface area (Å²) in [6.45, 7) is 4.23. The molecule has 0 saturated carbocycles. The highest BCUT2D eigenvalue weighted by Gasteiger charge is 2.23. The summed E-state index contributed by atoms with van der Waals surface area (Å²) in [4.78, 5) is 21.0. The van der Waals surface area contributed by atoms with Crippen LogP contribution in [0.4, 0.5) is 20.3 Å². The molecule has 0 aliphatic heterocycles. The Morgan fingerprint density at radius 3 is 2.34 bits per heavy atom. The molecule has 1 N–H and O–H groups in total. The van der Waals surface area contributed by atoms with E-state index in [1.807, 2.05) is 0 Å². The second-order valence-electron chi connectivity index (χ2n) is 6.66. The van der Waals surface area contributed by atoms with Gasteiger partial charge in [0.2, 0.25) is 0 Å². The minimum Gasteiger partial charge on any atom is -0.491 e. The number of hydrogen-bond acceptors (Lipinski definition) is 7. The van der Waals surface area contributed by atoms with Crippen molar-refractivity contribution in [2.45, 2.75) is 13.8 Å². The number of methoxy groups -OCH3 is 1. The number of aromatic nitrogens is 2. The molecule has 32 heavy (non-hydrogen) atoms. The largest absolute Gasteiger partial charge is 0.491 e. The van der Waals surface area contributed by atoms with E-state index in [-0.39, 0.29) is 35.1 Å². The normalized spacial score (nSPS) is 10.7. The number of carbonyl (C=O) groups is 1. The molecule has 0 atom stereocenters. The molecule has 3 aromatic rings. The van der Waals surface area contributed by atoms with Crippen LogP contribution in [0.5, 0.6) is 5.75 Å². The van der Waals surface area contributed by atoms with Crippen molar-refractivity contribution in [2.75, 3.05) is 32.2 Å². The number of rotatable bonds is 9. The lowest BCUT2D eigenvalue weighted by molar-refractivity contribution is 0.0526. The van der Waals surface area contributed by atoms with Crippen LogP contribution >= 0.6 is 0 Å². The van der Waals surface area contributed by atoms with Crippen molar-refractivity contribution in [3.05, 3.63) is 65.4 Å². The Morgan fingerprint density at radius 1 is 1.03 bits per heavy atom. The summed E-state index contributed by atoms with van der Waals surface area (Å²) in [5, 5.41) is 3.02. The minimum absolute atomic E-state index is 0.0710. The standard InChI is InChI=1S/C23H23F2N3O4/c1-4-31-23(29)19-14(2)26-22(20-17(24)6-5-7-18(20)25)28-21(19)27-15-8-10-16(11-9-15)32-13-12-30-3/h5-11H,4,12-13H2,1-3H3,(H,26,27,28). The molecule has 0 spiro atoms. The predicted octanol–water partition coefficient (Wildman–Crippen LogP) is 4.68. The number of esters is 1. The second kappa shape index (κ2) is 10.6. The smallest absolute Gasteiger partial charge is 0.343 e. The van der Waals surface area contributed by atoms with Crippen molar-refractivity contribution in [3.8, 4) is 17.1 Å². The third kappa shape index (κ3) is 5.36. The lowest BCUT2D eigenvalue weighted by atomic mass is 10.1. The monoisotopic (exact) mass is 443 g/mol. The first-order valence-electron chi connectivity index (χ1n) is 9.93. The summed E-state index contributed by atoms with van der Waals surface area (Å²) < 4.78 is 44.2. The quantitative estimate of drug-likeness (QED) is 0.380. The highest BCUT2D eigenvalue weighted by Crippen LogP contribution is 2.29. The van der Waals surface area contributed by atoms with E-state index in [2.05, 4.69) is 15.3 Å². The van der Waals surface area contributed by atoms with Gasteiger partial charge in [0.1, 0.15) is 35.4 Å². The van der Waals surface area contributed by atoms with Crippen LogP contribution in [0.1, 0.15) is 23.0 Å². The zero-order valence-electron chi connectivity index (χ0n) is 17.9.